The zero-order valence-electron chi connectivity index (χ0n) is 13.4. The van der Waals surface area contributed by atoms with Crippen LogP contribution in [0.3, 0.4) is 0 Å². The minimum atomic E-state index is -0.0230. The molecular weight excluding hydrogens is 260 g/mol. The summed E-state index contributed by atoms with van der Waals surface area (Å²) in [4.78, 5) is 12.5. The molecule has 3 nitrogen and oxygen atoms in total. The first-order valence-electron chi connectivity index (χ1n) is 8.16. The molecular formula is C18H28N2O. The maximum absolute atomic E-state index is 12.5. The molecule has 3 heteroatoms. The molecule has 116 valence electrons. The van der Waals surface area contributed by atoms with Crippen molar-refractivity contribution < 1.29 is 4.79 Å². The molecule has 1 heterocycles. The van der Waals surface area contributed by atoms with Gasteiger partial charge in [0.2, 0.25) is 0 Å². The molecule has 0 aliphatic carbocycles. The van der Waals surface area contributed by atoms with Gasteiger partial charge in [0.05, 0.1) is 6.04 Å². The third kappa shape index (κ3) is 5.25. The van der Waals surface area contributed by atoms with E-state index in [4.69, 9.17) is 0 Å². The molecule has 1 fully saturated rings. The van der Waals surface area contributed by atoms with Gasteiger partial charge >= 0.3 is 0 Å². The lowest BCUT2D eigenvalue weighted by molar-refractivity contribution is -0.120. The molecule has 2 N–H and O–H groups in total. The summed E-state index contributed by atoms with van der Waals surface area (Å²) in [7, 11) is 0. The van der Waals surface area contributed by atoms with Crippen LogP contribution in [-0.4, -0.2) is 30.5 Å². The molecule has 0 radical (unpaired) electrons. The lowest BCUT2D eigenvalue weighted by Crippen LogP contribution is -2.41. The maximum Gasteiger partial charge on any atom is 0.154 e. The molecule has 2 rings (SSSR count). The molecule has 21 heavy (non-hydrogen) atoms. The number of rotatable bonds is 9. The molecule has 0 amide bonds. The highest BCUT2D eigenvalue weighted by Gasteiger charge is 2.34. The summed E-state index contributed by atoms with van der Waals surface area (Å²) in [5.41, 5.74) is 1.11. The lowest BCUT2D eigenvalue weighted by Gasteiger charge is -2.19. The maximum atomic E-state index is 12.5. The SMILES string of the molecule is CC[C@@H]1N[C@@H]1CN[C@@H](CC(C)C)C(=O)Cc1ccccc1. The van der Waals surface area contributed by atoms with Crippen molar-refractivity contribution in [3.63, 3.8) is 0 Å². The van der Waals surface area contributed by atoms with Crippen molar-refractivity contribution in [1.29, 1.82) is 0 Å². The van der Waals surface area contributed by atoms with Gasteiger partial charge in [0.25, 0.3) is 0 Å². The number of carbonyl (C=O) groups is 1. The van der Waals surface area contributed by atoms with Crippen molar-refractivity contribution >= 4 is 5.78 Å². The zero-order chi connectivity index (χ0) is 15.2. The first-order valence-corrected chi connectivity index (χ1v) is 8.16. The van der Waals surface area contributed by atoms with E-state index < -0.39 is 0 Å². The van der Waals surface area contributed by atoms with Gasteiger partial charge in [-0.25, -0.2) is 0 Å². The van der Waals surface area contributed by atoms with Crippen molar-refractivity contribution in [3.8, 4) is 0 Å². The van der Waals surface area contributed by atoms with Crippen LogP contribution in [0, 0.1) is 5.92 Å². The first-order chi connectivity index (χ1) is 10.1. The van der Waals surface area contributed by atoms with Crippen LogP contribution in [0.4, 0.5) is 0 Å². The summed E-state index contributed by atoms with van der Waals surface area (Å²) in [6.45, 7) is 7.45. The molecule has 1 aromatic carbocycles. The summed E-state index contributed by atoms with van der Waals surface area (Å²) in [6, 6.07) is 11.2. The molecule has 1 aliphatic rings. The van der Waals surface area contributed by atoms with Crippen LogP contribution in [0.25, 0.3) is 0 Å². The minimum Gasteiger partial charge on any atom is -0.307 e. The average Bonchev–Trinajstić information content (AvgIpc) is 3.22. The van der Waals surface area contributed by atoms with Crippen molar-refractivity contribution in [1.82, 2.24) is 10.6 Å². The second-order valence-electron chi connectivity index (χ2n) is 6.51. The largest absolute Gasteiger partial charge is 0.307 e. The van der Waals surface area contributed by atoms with E-state index in [-0.39, 0.29) is 6.04 Å². The van der Waals surface area contributed by atoms with E-state index in [2.05, 4.69) is 31.4 Å². The quantitative estimate of drug-likeness (QED) is 0.687. The van der Waals surface area contributed by atoms with Crippen LogP contribution >= 0.6 is 0 Å². The van der Waals surface area contributed by atoms with Crippen LogP contribution in [-0.2, 0) is 11.2 Å². The predicted octanol–water partition coefficient (Wildman–Crippen LogP) is 2.55. The number of ketones is 1. The van der Waals surface area contributed by atoms with E-state index in [1.807, 2.05) is 30.3 Å². The van der Waals surface area contributed by atoms with E-state index in [1.165, 1.54) is 6.42 Å². The van der Waals surface area contributed by atoms with Crippen LogP contribution in [0.1, 0.15) is 39.2 Å². The molecule has 1 aliphatic heterocycles. The predicted molar refractivity (Wildman–Crippen MR) is 87.4 cm³/mol. The van der Waals surface area contributed by atoms with Crippen LogP contribution in [0.5, 0.6) is 0 Å². The number of carbonyl (C=O) groups excluding carboxylic acids is 1. The van der Waals surface area contributed by atoms with Crippen molar-refractivity contribution in [2.75, 3.05) is 6.54 Å². The molecule has 1 aromatic rings. The Kier molecular flexibility index (Phi) is 5.95. The smallest absolute Gasteiger partial charge is 0.154 e. The van der Waals surface area contributed by atoms with Gasteiger partial charge in [0.1, 0.15) is 0 Å². The van der Waals surface area contributed by atoms with Gasteiger partial charge in [0.15, 0.2) is 5.78 Å². The summed E-state index contributed by atoms with van der Waals surface area (Å²) < 4.78 is 0. The summed E-state index contributed by atoms with van der Waals surface area (Å²) in [5, 5.41) is 6.93. The highest BCUT2D eigenvalue weighted by atomic mass is 16.1. The molecule has 0 bridgehead atoms. The Morgan fingerprint density at radius 2 is 1.95 bits per heavy atom. The topological polar surface area (TPSA) is 51.0 Å². The Bertz CT molecular complexity index is 444. The Hall–Kier alpha value is -1.19. The van der Waals surface area contributed by atoms with Gasteiger partial charge in [-0.2, -0.15) is 0 Å². The van der Waals surface area contributed by atoms with E-state index >= 15 is 0 Å². The fourth-order valence-corrected chi connectivity index (χ4v) is 2.81. The molecule has 1 saturated heterocycles. The van der Waals surface area contributed by atoms with Gasteiger partial charge < -0.3 is 10.6 Å². The van der Waals surface area contributed by atoms with Crippen molar-refractivity contribution in [2.24, 2.45) is 5.92 Å². The second kappa shape index (κ2) is 7.71. The Morgan fingerprint density at radius 1 is 1.24 bits per heavy atom. The fraction of sp³-hybridized carbons (Fsp3) is 0.611. The van der Waals surface area contributed by atoms with Gasteiger partial charge in [-0.1, -0.05) is 51.1 Å². The Morgan fingerprint density at radius 3 is 2.52 bits per heavy atom. The van der Waals surface area contributed by atoms with Crippen molar-refractivity contribution in [3.05, 3.63) is 35.9 Å². The van der Waals surface area contributed by atoms with Crippen LogP contribution < -0.4 is 10.6 Å². The zero-order valence-corrected chi connectivity index (χ0v) is 13.4. The monoisotopic (exact) mass is 288 g/mol. The van der Waals surface area contributed by atoms with Gasteiger partial charge in [-0.05, 0) is 24.3 Å². The number of hydrogen-bond acceptors (Lipinski definition) is 3. The standard InChI is InChI=1S/C18H28N2O/c1-4-15-17(20-15)12-19-16(10-13(2)3)18(21)11-14-8-6-5-7-9-14/h5-9,13,15-17,19-20H,4,10-12H2,1-3H3/t15-,16-,17+/m0/s1. The van der Waals surface area contributed by atoms with Crippen molar-refractivity contribution in [2.45, 2.75) is 58.2 Å². The van der Waals surface area contributed by atoms with E-state index in [0.29, 0.717) is 30.2 Å². The van der Waals surface area contributed by atoms with Gasteiger partial charge in [0, 0.05) is 25.0 Å². The fourth-order valence-electron chi connectivity index (χ4n) is 2.81. The average molecular weight is 288 g/mol. The molecule has 0 unspecified atom stereocenters. The summed E-state index contributed by atoms with van der Waals surface area (Å²) in [5.74, 6) is 0.833. The van der Waals surface area contributed by atoms with Gasteiger partial charge in [-0.3, -0.25) is 4.79 Å². The molecule has 0 saturated carbocycles. The minimum absolute atomic E-state index is 0.0230. The number of Topliss-reactive ketones (excluding diaryl/α,β-unsaturated/α-hetero) is 1. The van der Waals surface area contributed by atoms with E-state index in [9.17, 15) is 4.79 Å². The van der Waals surface area contributed by atoms with Crippen LogP contribution in [0.15, 0.2) is 30.3 Å². The third-order valence-corrected chi connectivity index (χ3v) is 4.15. The van der Waals surface area contributed by atoms with E-state index in [0.717, 1.165) is 18.5 Å². The van der Waals surface area contributed by atoms with Crippen LogP contribution in [0.2, 0.25) is 0 Å². The highest BCUT2D eigenvalue weighted by molar-refractivity contribution is 5.86. The third-order valence-electron chi connectivity index (χ3n) is 4.15. The summed E-state index contributed by atoms with van der Waals surface area (Å²) in [6.07, 6.45) is 2.61. The number of benzene rings is 1. The van der Waals surface area contributed by atoms with Gasteiger partial charge in [-0.15, -0.1) is 0 Å². The lowest BCUT2D eigenvalue weighted by atomic mass is 9.96. The Balaban J connectivity index is 1.87. The number of nitrogens with one attached hydrogen (secondary N) is 2. The second-order valence-corrected chi connectivity index (χ2v) is 6.51. The van der Waals surface area contributed by atoms with E-state index in [1.54, 1.807) is 0 Å². The summed E-state index contributed by atoms with van der Waals surface area (Å²) >= 11 is 0. The highest BCUT2D eigenvalue weighted by Crippen LogP contribution is 2.15. The molecule has 0 aromatic heterocycles. The number of hydrogen-bond donors (Lipinski definition) is 2. The molecule has 3 atom stereocenters. The Labute approximate surface area is 128 Å². The normalized spacial score (nSPS) is 22.3. The first kappa shape index (κ1) is 16.2. The molecule has 0 spiro atoms.